The number of carbonyl (C=O) groups is 2. The number of aliphatic carboxylic acids is 1. The number of carboxylic acids is 1. The number of hydrogen-bond acceptors (Lipinski definition) is 4. The predicted octanol–water partition coefficient (Wildman–Crippen LogP) is 0.732. The average molecular weight is 299 g/mol. The van der Waals surface area contributed by atoms with Gasteiger partial charge in [0.25, 0.3) is 5.91 Å². The van der Waals surface area contributed by atoms with Crippen LogP contribution in [0.3, 0.4) is 0 Å². The number of ether oxygens (including phenoxy) is 1. The fourth-order valence-electron chi connectivity index (χ4n) is 2.16. The van der Waals surface area contributed by atoms with Crippen LogP contribution < -0.4 is 10.5 Å². The van der Waals surface area contributed by atoms with Crippen molar-refractivity contribution in [1.82, 2.24) is 4.90 Å². The number of benzene rings is 1. The van der Waals surface area contributed by atoms with Gasteiger partial charge < -0.3 is 20.5 Å². The highest BCUT2D eigenvalue weighted by Crippen LogP contribution is 2.19. The fourth-order valence-corrected chi connectivity index (χ4v) is 2.34. The molecule has 1 heterocycles. The fraction of sp³-hybridized carbons (Fsp3) is 0.385. The lowest BCUT2D eigenvalue weighted by Gasteiger charge is -2.21. The summed E-state index contributed by atoms with van der Waals surface area (Å²) in [5, 5.41) is 9.57. The van der Waals surface area contributed by atoms with Crippen LogP contribution in [-0.4, -0.2) is 47.1 Å². The molecule has 0 saturated carbocycles. The number of likely N-dealkylation sites (tertiary alicyclic amines) is 1. The Morgan fingerprint density at radius 1 is 1.50 bits per heavy atom. The third kappa shape index (κ3) is 3.40. The molecule has 0 aliphatic carbocycles. The van der Waals surface area contributed by atoms with E-state index in [1.54, 1.807) is 24.3 Å². The van der Waals surface area contributed by atoms with E-state index in [0.717, 1.165) is 0 Å². The summed E-state index contributed by atoms with van der Waals surface area (Å²) < 4.78 is 5.31. The van der Waals surface area contributed by atoms with Gasteiger partial charge in [-0.15, -0.1) is 0 Å². The number of hydrogen-bond donors (Lipinski definition) is 2. The van der Waals surface area contributed by atoms with Gasteiger partial charge in [-0.05, 0) is 24.6 Å². The molecule has 0 radical (unpaired) electrons. The van der Waals surface area contributed by atoms with Crippen LogP contribution in [0.15, 0.2) is 24.3 Å². The summed E-state index contributed by atoms with van der Waals surface area (Å²) in [5.74, 6) is -0.986. The molecule has 2 atom stereocenters. The van der Waals surface area contributed by atoms with Gasteiger partial charge in [0.2, 0.25) is 0 Å². The van der Waals surface area contributed by atoms with Gasteiger partial charge in [0, 0.05) is 17.6 Å². The zero-order chi connectivity index (χ0) is 14.7. The largest absolute Gasteiger partial charge is 0.484 e. The topological polar surface area (TPSA) is 92.9 Å². The van der Waals surface area contributed by atoms with Gasteiger partial charge in [-0.1, -0.05) is 17.7 Å². The van der Waals surface area contributed by atoms with Gasteiger partial charge in [-0.3, -0.25) is 4.79 Å². The minimum absolute atomic E-state index is 0.231. The van der Waals surface area contributed by atoms with Crippen molar-refractivity contribution in [2.45, 2.75) is 18.5 Å². The maximum absolute atomic E-state index is 12.0. The van der Waals surface area contributed by atoms with Crippen molar-refractivity contribution in [3.05, 3.63) is 29.3 Å². The normalized spacial score (nSPS) is 21.8. The maximum atomic E-state index is 12.0. The van der Waals surface area contributed by atoms with Crippen LogP contribution in [0.25, 0.3) is 0 Å². The van der Waals surface area contributed by atoms with E-state index >= 15 is 0 Å². The van der Waals surface area contributed by atoms with Crippen molar-refractivity contribution in [3.8, 4) is 5.75 Å². The highest BCUT2D eigenvalue weighted by atomic mass is 35.5. The van der Waals surface area contributed by atoms with E-state index in [4.69, 9.17) is 27.2 Å². The predicted molar refractivity (Wildman–Crippen MR) is 72.7 cm³/mol. The molecule has 1 aliphatic heterocycles. The summed E-state index contributed by atoms with van der Waals surface area (Å²) in [6.45, 7) is -0.00838. The molecule has 108 valence electrons. The Hall–Kier alpha value is -1.79. The van der Waals surface area contributed by atoms with Crippen molar-refractivity contribution in [3.63, 3.8) is 0 Å². The van der Waals surface area contributed by atoms with Gasteiger partial charge in [-0.25, -0.2) is 4.79 Å². The lowest BCUT2D eigenvalue weighted by atomic mass is 10.2. The monoisotopic (exact) mass is 298 g/mol. The Morgan fingerprint density at radius 2 is 2.25 bits per heavy atom. The highest BCUT2D eigenvalue weighted by Gasteiger charge is 2.38. The Labute approximate surface area is 121 Å². The highest BCUT2D eigenvalue weighted by molar-refractivity contribution is 6.30. The summed E-state index contributed by atoms with van der Waals surface area (Å²) in [6.07, 6.45) is 0.262. The molecule has 20 heavy (non-hydrogen) atoms. The van der Waals surface area contributed by atoms with Crippen molar-refractivity contribution >= 4 is 23.5 Å². The Morgan fingerprint density at radius 3 is 2.90 bits per heavy atom. The number of carboxylic acid groups (broad SMARTS) is 1. The van der Waals surface area contributed by atoms with Gasteiger partial charge in [0.15, 0.2) is 6.61 Å². The average Bonchev–Trinajstić information content (AvgIpc) is 2.78. The molecular formula is C13H15ClN2O4. The van der Waals surface area contributed by atoms with Gasteiger partial charge in [0.05, 0.1) is 0 Å². The Balaban J connectivity index is 1.96. The van der Waals surface area contributed by atoms with E-state index in [1.165, 1.54) is 4.90 Å². The lowest BCUT2D eigenvalue weighted by molar-refractivity contribution is -0.148. The van der Waals surface area contributed by atoms with Gasteiger partial charge >= 0.3 is 5.97 Å². The zero-order valence-electron chi connectivity index (χ0n) is 10.7. The molecule has 1 aromatic rings. The molecule has 1 fully saturated rings. The first-order valence-electron chi connectivity index (χ1n) is 6.13. The van der Waals surface area contributed by atoms with E-state index in [2.05, 4.69) is 0 Å². The molecule has 1 aliphatic rings. The third-order valence-corrected chi connectivity index (χ3v) is 3.33. The van der Waals surface area contributed by atoms with Crippen molar-refractivity contribution in [1.29, 1.82) is 0 Å². The smallest absolute Gasteiger partial charge is 0.326 e. The lowest BCUT2D eigenvalue weighted by Crippen LogP contribution is -2.43. The van der Waals surface area contributed by atoms with E-state index in [1.807, 2.05) is 0 Å². The molecule has 3 N–H and O–H groups in total. The van der Waals surface area contributed by atoms with E-state index in [-0.39, 0.29) is 25.6 Å². The SMILES string of the molecule is N[C@H]1C[C@@H](C(=O)O)N(C(=O)COc2cccc(Cl)c2)C1. The first kappa shape index (κ1) is 14.6. The van der Waals surface area contributed by atoms with Crippen LogP contribution in [0.1, 0.15) is 6.42 Å². The summed E-state index contributed by atoms with van der Waals surface area (Å²) in [5.41, 5.74) is 5.70. The number of carbonyl (C=O) groups excluding carboxylic acids is 1. The van der Waals surface area contributed by atoms with Crippen LogP contribution in [0.4, 0.5) is 0 Å². The van der Waals surface area contributed by atoms with Crippen molar-refractivity contribution < 1.29 is 19.4 Å². The molecule has 1 aromatic carbocycles. The molecule has 1 amide bonds. The van der Waals surface area contributed by atoms with Crippen molar-refractivity contribution in [2.24, 2.45) is 5.73 Å². The number of amides is 1. The Bertz CT molecular complexity index is 523. The summed E-state index contributed by atoms with van der Waals surface area (Å²) in [7, 11) is 0. The number of nitrogens with zero attached hydrogens (tertiary/aromatic N) is 1. The first-order chi connectivity index (χ1) is 9.47. The van der Waals surface area contributed by atoms with E-state index < -0.39 is 17.9 Å². The molecule has 0 unspecified atom stereocenters. The second-order valence-electron chi connectivity index (χ2n) is 4.64. The molecule has 0 bridgehead atoms. The first-order valence-corrected chi connectivity index (χ1v) is 6.51. The van der Waals surface area contributed by atoms with Crippen LogP contribution in [0.5, 0.6) is 5.75 Å². The zero-order valence-corrected chi connectivity index (χ0v) is 11.4. The van der Waals surface area contributed by atoms with Gasteiger partial charge in [-0.2, -0.15) is 0 Å². The van der Waals surface area contributed by atoms with E-state index in [9.17, 15) is 9.59 Å². The number of rotatable bonds is 4. The van der Waals surface area contributed by atoms with E-state index in [0.29, 0.717) is 10.8 Å². The molecule has 0 aromatic heterocycles. The quantitative estimate of drug-likeness (QED) is 0.855. The maximum Gasteiger partial charge on any atom is 0.326 e. The minimum Gasteiger partial charge on any atom is -0.484 e. The van der Waals surface area contributed by atoms with Crippen LogP contribution >= 0.6 is 11.6 Å². The minimum atomic E-state index is -1.05. The number of nitrogens with two attached hydrogens (primary N) is 1. The summed E-state index contributed by atoms with van der Waals surface area (Å²) in [4.78, 5) is 24.3. The second-order valence-corrected chi connectivity index (χ2v) is 5.08. The molecule has 1 saturated heterocycles. The molecule has 2 rings (SSSR count). The standard InChI is InChI=1S/C13H15ClN2O4/c14-8-2-1-3-10(4-8)20-7-12(17)16-6-9(15)5-11(16)13(18)19/h1-4,9,11H,5-7,15H2,(H,18,19)/t9-,11-/m0/s1. The second kappa shape index (κ2) is 6.11. The third-order valence-electron chi connectivity index (χ3n) is 3.10. The number of halogens is 1. The van der Waals surface area contributed by atoms with Crippen LogP contribution in [0, 0.1) is 0 Å². The molecular weight excluding hydrogens is 284 g/mol. The van der Waals surface area contributed by atoms with Crippen LogP contribution in [-0.2, 0) is 9.59 Å². The van der Waals surface area contributed by atoms with Gasteiger partial charge in [0.1, 0.15) is 11.8 Å². The molecule has 0 spiro atoms. The Kier molecular flexibility index (Phi) is 4.46. The van der Waals surface area contributed by atoms with Crippen molar-refractivity contribution in [2.75, 3.05) is 13.2 Å². The summed E-state index contributed by atoms with van der Waals surface area (Å²) >= 11 is 5.80. The molecule has 7 heteroatoms. The molecule has 6 nitrogen and oxygen atoms in total. The summed E-state index contributed by atoms with van der Waals surface area (Å²) in [6, 6.07) is 5.46. The van der Waals surface area contributed by atoms with Crippen LogP contribution in [0.2, 0.25) is 5.02 Å².